The van der Waals surface area contributed by atoms with Crippen molar-refractivity contribution in [2.45, 2.75) is 13.0 Å². The predicted octanol–water partition coefficient (Wildman–Crippen LogP) is 1.24. The maximum absolute atomic E-state index is 13.3. The van der Waals surface area contributed by atoms with E-state index in [-0.39, 0.29) is 6.07 Å². The molecule has 0 aromatic heterocycles. The van der Waals surface area contributed by atoms with E-state index in [0.717, 1.165) is 6.92 Å². The molecule has 3 N–H and O–H groups in total. The van der Waals surface area contributed by atoms with Crippen LogP contribution in [-0.2, 0) is 9.59 Å². The van der Waals surface area contributed by atoms with Crippen molar-refractivity contribution in [1.82, 2.24) is 5.32 Å². The molecule has 1 amide bonds. The van der Waals surface area contributed by atoms with Gasteiger partial charge >= 0.3 is 5.97 Å². The zero-order chi connectivity index (χ0) is 15.4. The van der Waals surface area contributed by atoms with Gasteiger partial charge < -0.3 is 15.7 Å². The average Bonchev–Trinajstić information content (AvgIpc) is 2.34. The number of nitrogens with one attached hydrogen (secondary N) is 2. The highest BCUT2D eigenvalue weighted by atomic mass is 19.2. The molecule has 20 heavy (non-hydrogen) atoms. The summed E-state index contributed by atoms with van der Waals surface area (Å²) < 4.78 is 52.4. The molecule has 0 aliphatic carbocycles. The Morgan fingerprint density at radius 3 is 2.10 bits per heavy atom. The van der Waals surface area contributed by atoms with Crippen LogP contribution in [0.2, 0.25) is 0 Å². The number of carbonyl (C=O) groups is 2. The van der Waals surface area contributed by atoms with E-state index in [4.69, 9.17) is 5.11 Å². The maximum atomic E-state index is 13.3. The van der Waals surface area contributed by atoms with Gasteiger partial charge in [-0.3, -0.25) is 4.79 Å². The number of anilines is 1. The van der Waals surface area contributed by atoms with Crippen LogP contribution in [0.4, 0.5) is 23.2 Å². The first kappa shape index (κ1) is 15.7. The van der Waals surface area contributed by atoms with Crippen molar-refractivity contribution in [2.24, 2.45) is 0 Å². The predicted molar refractivity (Wildman–Crippen MR) is 60.0 cm³/mol. The lowest BCUT2D eigenvalue weighted by Crippen LogP contribution is -2.44. The summed E-state index contributed by atoms with van der Waals surface area (Å²) in [6, 6.07) is -1.49. The van der Waals surface area contributed by atoms with Gasteiger partial charge in [0.05, 0.1) is 0 Å². The molecule has 0 saturated heterocycles. The molecule has 9 heteroatoms. The monoisotopic (exact) mass is 294 g/mol. The fraction of sp³-hybridized carbons (Fsp3) is 0.273. The minimum absolute atomic E-state index is 0.0261. The minimum Gasteiger partial charge on any atom is -0.480 e. The number of hydrogen-bond donors (Lipinski definition) is 3. The van der Waals surface area contributed by atoms with Crippen LogP contribution >= 0.6 is 0 Å². The van der Waals surface area contributed by atoms with Gasteiger partial charge in [0.25, 0.3) is 0 Å². The number of halogens is 4. The van der Waals surface area contributed by atoms with E-state index in [1.807, 2.05) is 10.6 Å². The number of carboxylic acids is 1. The molecule has 1 rings (SSSR count). The Kier molecular flexibility index (Phi) is 4.89. The summed E-state index contributed by atoms with van der Waals surface area (Å²) in [4.78, 5) is 21.5. The molecule has 1 aromatic rings. The molecule has 5 nitrogen and oxygen atoms in total. The highest BCUT2D eigenvalue weighted by Crippen LogP contribution is 2.23. The lowest BCUT2D eigenvalue weighted by molar-refractivity contribution is -0.141. The largest absolute Gasteiger partial charge is 0.480 e. The molecule has 0 aliphatic rings. The Morgan fingerprint density at radius 1 is 1.20 bits per heavy atom. The molecular weight excluding hydrogens is 284 g/mol. The van der Waals surface area contributed by atoms with Crippen LogP contribution in [0.3, 0.4) is 0 Å². The van der Waals surface area contributed by atoms with Crippen molar-refractivity contribution in [3.8, 4) is 0 Å². The molecular formula is C11H10F4N2O3. The van der Waals surface area contributed by atoms with Crippen LogP contribution in [0, 0.1) is 23.3 Å². The minimum atomic E-state index is -1.68. The van der Waals surface area contributed by atoms with E-state index < -0.39 is 53.4 Å². The Labute approximate surface area is 110 Å². The van der Waals surface area contributed by atoms with Crippen LogP contribution in [0.15, 0.2) is 6.07 Å². The van der Waals surface area contributed by atoms with Gasteiger partial charge in [0.2, 0.25) is 5.91 Å². The third-order valence-corrected chi connectivity index (χ3v) is 2.27. The summed E-state index contributed by atoms with van der Waals surface area (Å²) in [5, 5.41) is 12.7. The van der Waals surface area contributed by atoms with E-state index in [9.17, 15) is 27.2 Å². The molecule has 0 bridgehead atoms. The number of rotatable bonds is 5. The van der Waals surface area contributed by atoms with Crippen molar-refractivity contribution in [3.05, 3.63) is 29.3 Å². The number of benzene rings is 1. The Balaban J connectivity index is 2.93. The van der Waals surface area contributed by atoms with Crippen LogP contribution < -0.4 is 10.6 Å². The Bertz CT molecular complexity index is 525. The van der Waals surface area contributed by atoms with Crippen LogP contribution in [-0.4, -0.2) is 29.6 Å². The first-order valence-corrected chi connectivity index (χ1v) is 5.30. The third-order valence-electron chi connectivity index (χ3n) is 2.27. The molecule has 0 spiro atoms. The van der Waals surface area contributed by atoms with E-state index in [1.54, 1.807) is 0 Å². The summed E-state index contributed by atoms with van der Waals surface area (Å²) in [6.07, 6.45) is 0. The number of hydrogen-bond acceptors (Lipinski definition) is 3. The summed E-state index contributed by atoms with van der Waals surface area (Å²) in [6.45, 7) is 0.380. The molecule has 0 heterocycles. The quantitative estimate of drug-likeness (QED) is 0.564. The van der Waals surface area contributed by atoms with Crippen LogP contribution in [0.5, 0.6) is 0 Å². The molecule has 0 radical (unpaired) electrons. The van der Waals surface area contributed by atoms with Gasteiger partial charge in [0.1, 0.15) is 11.7 Å². The third kappa shape index (κ3) is 3.59. The second kappa shape index (κ2) is 6.22. The number of aliphatic carboxylic acids is 1. The van der Waals surface area contributed by atoms with Crippen LogP contribution in [0.25, 0.3) is 0 Å². The van der Waals surface area contributed by atoms with Gasteiger partial charge in [-0.2, -0.15) is 0 Å². The zero-order valence-electron chi connectivity index (χ0n) is 10.1. The SMILES string of the molecule is CC(=O)NC(CNc1c(F)c(F)cc(F)c1F)C(=O)O. The molecule has 110 valence electrons. The van der Waals surface area contributed by atoms with Gasteiger partial charge in [-0.25, -0.2) is 22.4 Å². The lowest BCUT2D eigenvalue weighted by atomic mass is 10.2. The second-order valence-electron chi connectivity index (χ2n) is 3.82. The van der Waals surface area contributed by atoms with Gasteiger partial charge in [-0.15, -0.1) is 0 Å². The molecule has 0 fully saturated rings. The Hall–Kier alpha value is -2.32. The van der Waals surface area contributed by atoms with Gasteiger partial charge in [-0.05, 0) is 0 Å². The van der Waals surface area contributed by atoms with E-state index >= 15 is 0 Å². The smallest absolute Gasteiger partial charge is 0.328 e. The fourth-order valence-corrected chi connectivity index (χ4v) is 1.38. The van der Waals surface area contributed by atoms with Crippen molar-refractivity contribution >= 4 is 17.6 Å². The highest BCUT2D eigenvalue weighted by molar-refractivity contribution is 5.82. The van der Waals surface area contributed by atoms with Crippen LogP contribution in [0.1, 0.15) is 6.92 Å². The molecule has 1 unspecified atom stereocenters. The fourth-order valence-electron chi connectivity index (χ4n) is 1.38. The first-order valence-electron chi connectivity index (χ1n) is 5.30. The second-order valence-corrected chi connectivity index (χ2v) is 3.82. The maximum Gasteiger partial charge on any atom is 0.328 e. The van der Waals surface area contributed by atoms with E-state index in [0.29, 0.717) is 0 Å². The van der Waals surface area contributed by atoms with Crippen molar-refractivity contribution < 1.29 is 32.3 Å². The number of carboxylic acid groups (broad SMARTS) is 1. The van der Waals surface area contributed by atoms with Crippen molar-refractivity contribution in [2.75, 3.05) is 11.9 Å². The lowest BCUT2D eigenvalue weighted by Gasteiger charge is -2.16. The summed E-state index contributed by atoms with van der Waals surface area (Å²) in [5.41, 5.74) is -1.14. The normalized spacial score (nSPS) is 11.8. The van der Waals surface area contributed by atoms with E-state index in [2.05, 4.69) is 0 Å². The summed E-state index contributed by atoms with van der Waals surface area (Å²) >= 11 is 0. The van der Waals surface area contributed by atoms with Gasteiger partial charge in [0.15, 0.2) is 23.3 Å². The standard InChI is InChI=1S/C11H10F4N2O3/c1-4(18)17-7(11(19)20)3-16-10-8(14)5(12)2-6(13)9(10)15/h2,7,16H,3H2,1H3,(H,17,18)(H,19,20). The molecule has 1 aromatic carbocycles. The molecule has 0 aliphatic heterocycles. The molecule has 1 atom stereocenters. The summed E-state index contributed by atoms with van der Waals surface area (Å²) in [5.74, 6) is -8.79. The highest BCUT2D eigenvalue weighted by Gasteiger charge is 2.23. The topological polar surface area (TPSA) is 78.4 Å². The molecule has 0 saturated carbocycles. The first-order chi connectivity index (χ1) is 9.23. The zero-order valence-corrected chi connectivity index (χ0v) is 10.1. The van der Waals surface area contributed by atoms with Gasteiger partial charge in [-0.1, -0.05) is 0 Å². The van der Waals surface area contributed by atoms with Crippen molar-refractivity contribution in [3.63, 3.8) is 0 Å². The summed E-state index contributed by atoms with van der Waals surface area (Å²) in [7, 11) is 0. The number of amides is 1. The van der Waals surface area contributed by atoms with Crippen molar-refractivity contribution in [1.29, 1.82) is 0 Å². The Morgan fingerprint density at radius 2 is 1.70 bits per heavy atom. The average molecular weight is 294 g/mol. The number of carbonyl (C=O) groups excluding carboxylic acids is 1. The van der Waals surface area contributed by atoms with E-state index in [1.165, 1.54) is 0 Å². The van der Waals surface area contributed by atoms with Gasteiger partial charge in [0, 0.05) is 19.5 Å².